The molecule has 0 unspecified atom stereocenters. The third kappa shape index (κ3) is 7.47. The molecule has 0 spiro atoms. The van der Waals surface area contributed by atoms with E-state index in [4.69, 9.17) is 36.7 Å². The molecule has 0 radical (unpaired) electrons. The zero-order valence-electron chi connectivity index (χ0n) is 16.2. The van der Waals surface area contributed by atoms with Crippen LogP contribution in [0.15, 0.2) is 24.3 Å². The number of hydrogen-bond donors (Lipinski definition) is 2. The van der Waals surface area contributed by atoms with Gasteiger partial charge < -0.3 is 25.2 Å². The highest BCUT2D eigenvalue weighted by Gasteiger charge is 2.41. The quantitative estimate of drug-likeness (QED) is 0.649. The van der Waals surface area contributed by atoms with E-state index in [-0.39, 0.29) is 12.0 Å². The van der Waals surface area contributed by atoms with E-state index in [1.165, 1.54) is 12.0 Å². The van der Waals surface area contributed by atoms with E-state index in [9.17, 15) is 22.8 Å². The molecule has 30 heavy (non-hydrogen) atoms. The maximum absolute atomic E-state index is 12.6. The minimum absolute atomic E-state index is 0.189. The summed E-state index contributed by atoms with van der Waals surface area (Å²) < 4.78 is 41.8. The standard InChI is InChI=1S/C16H21ClN2O4.C2HF3O2/c1-22-12-8-14(16(21)23-2)19(9-12)15(20)13(18)7-10-3-5-11(17)6-4-10;3-2(4,5)1(6)7/h3-6,12-14H,7-9,18H2,1-2H3;(H,6,7)/t12-,13-,14+;/m1./s1. The monoisotopic (exact) mass is 454 g/mol. The van der Waals surface area contributed by atoms with Gasteiger partial charge in [-0.15, -0.1) is 0 Å². The first-order valence-electron chi connectivity index (χ1n) is 8.61. The predicted octanol–water partition coefficient (Wildman–Crippen LogP) is 1.63. The molecule has 1 aromatic rings. The van der Waals surface area contributed by atoms with E-state index < -0.39 is 30.2 Å². The Kier molecular flexibility index (Phi) is 9.53. The van der Waals surface area contributed by atoms with Crippen molar-refractivity contribution in [1.29, 1.82) is 0 Å². The summed E-state index contributed by atoms with van der Waals surface area (Å²) in [6.07, 6.45) is -4.48. The van der Waals surface area contributed by atoms with E-state index in [0.29, 0.717) is 24.4 Å². The molecule has 1 aromatic carbocycles. The summed E-state index contributed by atoms with van der Waals surface area (Å²) in [5.41, 5.74) is 6.95. The maximum atomic E-state index is 12.6. The predicted molar refractivity (Wildman–Crippen MR) is 99.8 cm³/mol. The van der Waals surface area contributed by atoms with Crippen molar-refractivity contribution in [2.24, 2.45) is 5.73 Å². The average molecular weight is 455 g/mol. The second kappa shape index (κ2) is 11.1. The number of carboxylic acids is 1. The SMILES string of the molecule is COC(=O)[C@@H]1C[C@@H](OC)CN1C(=O)[C@H](N)Cc1ccc(Cl)cc1.O=C(O)C(F)(F)F. The van der Waals surface area contributed by atoms with Crippen LogP contribution < -0.4 is 5.73 Å². The number of amides is 1. The number of nitrogens with zero attached hydrogens (tertiary/aromatic N) is 1. The van der Waals surface area contributed by atoms with E-state index in [0.717, 1.165) is 5.56 Å². The van der Waals surface area contributed by atoms with Gasteiger partial charge in [0, 0.05) is 25.1 Å². The van der Waals surface area contributed by atoms with Crippen molar-refractivity contribution in [1.82, 2.24) is 4.90 Å². The van der Waals surface area contributed by atoms with Crippen molar-refractivity contribution < 1.29 is 42.1 Å². The third-order valence-corrected chi connectivity index (χ3v) is 4.53. The average Bonchev–Trinajstić information content (AvgIpc) is 3.12. The van der Waals surface area contributed by atoms with Gasteiger partial charge >= 0.3 is 18.1 Å². The molecule has 0 aliphatic carbocycles. The molecule has 8 nitrogen and oxygen atoms in total. The highest BCUT2D eigenvalue weighted by Crippen LogP contribution is 2.22. The summed E-state index contributed by atoms with van der Waals surface area (Å²) in [4.78, 5) is 34.9. The molecule has 0 bridgehead atoms. The van der Waals surface area contributed by atoms with Gasteiger partial charge in [0.15, 0.2) is 0 Å². The molecule has 1 aliphatic heterocycles. The molecule has 3 N–H and O–H groups in total. The summed E-state index contributed by atoms with van der Waals surface area (Å²) in [5.74, 6) is -3.49. The molecule has 0 aromatic heterocycles. The van der Waals surface area contributed by atoms with Crippen LogP contribution in [-0.4, -0.2) is 73.0 Å². The Balaban J connectivity index is 0.000000553. The molecule has 168 valence electrons. The van der Waals surface area contributed by atoms with Crippen molar-refractivity contribution >= 4 is 29.4 Å². The molecule has 1 fully saturated rings. The Bertz CT molecular complexity index is 744. The molecule has 1 heterocycles. The zero-order valence-corrected chi connectivity index (χ0v) is 16.9. The Morgan fingerprint density at radius 2 is 1.80 bits per heavy atom. The van der Waals surface area contributed by atoms with Gasteiger partial charge in [0.2, 0.25) is 5.91 Å². The minimum Gasteiger partial charge on any atom is -0.475 e. The summed E-state index contributed by atoms with van der Waals surface area (Å²) in [6.45, 7) is 0.337. The van der Waals surface area contributed by atoms with Gasteiger partial charge in [-0.05, 0) is 24.1 Å². The van der Waals surface area contributed by atoms with Crippen LogP contribution in [0.2, 0.25) is 5.02 Å². The van der Waals surface area contributed by atoms with E-state index in [1.807, 2.05) is 12.1 Å². The Morgan fingerprint density at radius 1 is 1.27 bits per heavy atom. The van der Waals surface area contributed by atoms with E-state index in [2.05, 4.69) is 0 Å². The zero-order chi connectivity index (χ0) is 23.1. The molecule has 12 heteroatoms. The van der Waals surface area contributed by atoms with Crippen LogP contribution in [0.25, 0.3) is 0 Å². The first kappa shape index (κ1) is 25.7. The molecule has 2 rings (SSSR count). The second-order valence-electron chi connectivity index (χ2n) is 6.36. The number of hydrogen-bond acceptors (Lipinski definition) is 6. The number of alkyl halides is 3. The van der Waals surface area contributed by atoms with Gasteiger partial charge in [0.1, 0.15) is 6.04 Å². The van der Waals surface area contributed by atoms with Crippen molar-refractivity contribution in [2.75, 3.05) is 20.8 Å². The number of ether oxygens (including phenoxy) is 2. The molecule has 1 amide bonds. The Morgan fingerprint density at radius 3 is 2.23 bits per heavy atom. The van der Waals surface area contributed by atoms with Gasteiger partial charge in [-0.2, -0.15) is 13.2 Å². The second-order valence-corrected chi connectivity index (χ2v) is 6.80. The van der Waals surface area contributed by atoms with E-state index in [1.54, 1.807) is 19.2 Å². The van der Waals surface area contributed by atoms with Crippen LogP contribution in [0, 0.1) is 0 Å². The summed E-state index contributed by atoms with van der Waals surface area (Å²) in [6, 6.07) is 5.78. The topological polar surface area (TPSA) is 119 Å². The summed E-state index contributed by atoms with van der Waals surface area (Å²) >= 11 is 5.84. The number of nitrogens with two attached hydrogens (primary N) is 1. The lowest BCUT2D eigenvalue weighted by molar-refractivity contribution is -0.192. The lowest BCUT2D eigenvalue weighted by atomic mass is 10.1. The molecule has 3 atom stereocenters. The first-order valence-corrected chi connectivity index (χ1v) is 8.99. The molecule has 1 saturated heterocycles. The van der Waals surface area contributed by atoms with Gasteiger partial charge in [0.05, 0.1) is 19.3 Å². The Labute approximate surface area is 175 Å². The molecular formula is C18H22ClF3N2O6. The van der Waals surface area contributed by atoms with Crippen molar-refractivity contribution in [3.63, 3.8) is 0 Å². The van der Waals surface area contributed by atoms with Gasteiger partial charge in [0.25, 0.3) is 0 Å². The number of methoxy groups -OCH3 is 2. The van der Waals surface area contributed by atoms with Crippen molar-refractivity contribution in [3.8, 4) is 0 Å². The summed E-state index contributed by atoms with van der Waals surface area (Å²) in [5, 5.41) is 7.75. The van der Waals surface area contributed by atoms with Crippen molar-refractivity contribution in [2.45, 2.75) is 37.2 Å². The van der Waals surface area contributed by atoms with Crippen LogP contribution in [0.4, 0.5) is 13.2 Å². The molecule has 0 saturated carbocycles. The van der Waals surface area contributed by atoms with Crippen LogP contribution in [0.1, 0.15) is 12.0 Å². The minimum atomic E-state index is -5.08. The number of aliphatic carboxylic acids is 1. The highest BCUT2D eigenvalue weighted by molar-refractivity contribution is 6.30. The van der Waals surface area contributed by atoms with Gasteiger partial charge in [-0.1, -0.05) is 23.7 Å². The molecular weight excluding hydrogens is 433 g/mol. The molecule has 1 aliphatic rings. The van der Waals surface area contributed by atoms with Crippen LogP contribution in [-0.2, 0) is 30.3 Å². The third-order valence-electron chi connectivity index (χ3n) is 4.28. The smallest absolute Gasteiger partial charge is 0.475 e. The fourth-order valence-electron chi connectivity index (χ4n) is 2.75. The lowest BCUT2D eigenvalue weighted by Crippen LogP contribution is -2.49. The summed E-state index contributed by atoms with van der Waals surface area (Å²) in [7, 11) is 2.86. The Hall–Kier alpha value is -2.37. The number of likely N-dealkylation sites (tertiary alicyclic amines) is 1. The number of carbonyl (C=O) groups is 3. The van der Waals surface area contributed by atoms with Crippen molar-refractivity contribution in [3.05, 3.63) is 34.9 Å². The highest BCUT2D eigenvalue weighted by atomic mass is 35.5. The number of esters is 1. The largest absolute Gasteiger partial charge is 0.490 e. The van der Waals surface area contributed by atoms with E-state index >= 15 is 0 Å². The van der Waals surface area contributed by atoms with Crippen LogP contribution in [0.5, 0.6) is 0 Å². The van der Waals surface area contributed by atoms with Crippen LogP contribution >= 0.6 is 11.6 Å². The number of carbonyl (C=O) groups excluding carboxylic acids is 2. The number of benzene rings is 1. The number of carboxylic acid groups (broad SMARTS) is 1. The first-order chi connectivity index (χ1) is 13.9. The van der Waals surface area contributed by atoms with Gasteiger partial charge in [-0.25, -0.2) is 9.59 Å². The fraction of sp³-hybridized carbons (Fsp3) is 0.500. The van der Waals surface area contributed by atoms with Gasteiger partial charge in [-0.3, -0.25) is 4.79 Å². The maximum Gasteiger partial charge on any atom is 0.490 e. The van der Waals surface area contributed by atoms with Crippen LogP contribution in [0.3, 0.4) is 0 Å². The number of rotatable bonds is 5. The normalized spacial score (nSPS) is 19.5. The lowest BCUT2D eigenvalue weighted by Gasteiger charge is -2.25. The number of halogens is 4. The fourth-order valence-corrected chi connectivity index (χ4v) is 2.87.